The molecule has 1 N–H and O–H groups in total. The second-order valence-corrected chi connectivity index (χ2v) is 6.41. The van der Waals surface area contributed by atoms with Gasteiger partial charge in [0.25, 0.3) is 5.91 Å². The van der Waals surface area contributed by atoms with E-state index in [-0.39, 0.29) is 46.5 Å². The van der Waals surface area contributed by atoms with E-state index in [4.69, 9.17) is 0 Å². The van der Waals surface area contributed by atoms with Crippen molar-refractivity contribution in [2.75, 3.05) is 0 Å². The minimum Gasteiger partial charge on any atom is -0.543 e. The van der Waals surface area contributed by atoms with Crippen LogP contribution in [0.4, 0.5) is 0 Å². The number of rotatable bonds is 3. The summed E-state index contributed by atoms with van der Waals surface area (Å²) < 4.78 is 0. The second kappa shape index (κ2) is 6.25. The van der Waals surface area contributed by atoms with Crippen molar-refractivity contribution < 1.29 is 44.3 Å². The smallest absolute Gasteiger partial charge is 0.543 e. The first kappa shape index (κ1) is 16.5. The van der Waals surface area contributed by atoms with E-state index in [0.717, 1.165) is 5.01 Å². The Morgan fingerprint density at radius 2 is 2.30 bits per heavy atom. The number of carbonyl (C=O) groups excluding carboxylic acids is 2. The van der Waals surface area contributed by atoms with Gasteiger partial charge in [0.1, 0.15) is 5.37 Å². The number of carbonyl (C=O) groups is 2. The second-order valence-electron chi connectivity index (χ2n) is 4.57. The molecule has 0 radical (unpaired) electrons. The Balaban J connectivity index is 0.00000156. The summed E-state index contributed by atoms with van der Waals surface area (Å²) in [6, 6.07) is 0. The van der Waals surface area contributed by atoms with Gasteiger partial charge in [-0.2, -0.15) is 0 Å². The summed E-state index contributed by atoms with van der Waals surface area (Å²) in [4.78, 5) is 35.7. The average molecular weight is 354 g/mol. The van der Waals surface area contributed by atoms with E-state index in [0.29, 0.717) is 17.1 Å². The molecular formula is C13H7N4NaO3S2. The molecule has 7 nitrogen and oxygen atoms in total. The van der Waals surface area contributed by atoms with Crippen molar-refractivity contribution in [2.24, 2.45) is 0 Å². The first-order valence-electron chi connectivity index (χ1n) is 6.22. The maximum absolute atomic E-state index is 12.1. The summed E-state index contributed by atoms with van der Waals surface area (Å²) >= 11 is 2.73. The molecular weight excluding hydrogens is 347 g/mol. The van der Waals surface area contributed by atoms with Crippen LogP contribution in [0.3, 0.4) is 0 Å². The number of amides is 1. The number of thioether (sulfide) groups is 1. The molecule has 110 valence electrons. The first-order valence-corrected chi connectivity index (χ1v) is 8.05. The zero-order valence-corrected chi connectivity index (χ0v) is 15.5. The third-order valence-corrected chi connectivity index (χ3v) is 5.14. The average Bonchev–Trinajstić information content (AvgIpc) is 3.22. The van der Waals surface area contributed by atoms with Gasteiger partial charge in [0.2, 0.25) is 0 Å². The SMILES string of the molecule is O=C([O-])C1=CSC2/C(=C\c3c[nH]c(-c4nccs4)n3)C(=O)N12.[Na+]. The normalized spacial score (nSPS) is 20.8. The zero-order valence-electron chi connectivity index (χ0n) is 11.8. The van der Waals surface area contributed by atoms with Gasteiger partial charge in [0.15, 0.2) is 10.8 Å². The molecule has 0 aliphatic carbocycles. The number of imidazole rings is 1. The van der Waals surface area contributed by atoms with Gasteiger partial charge < -0.3 is 14.9 Å². The van der Waals surface area contributed by atoms with E-state index in [9.17, 15) is 14.7 Å². The summed E-state index contributed by atoms with van der Waals surface area (Å²) in [6.45, 7) is 0. The van der Waals surface area contributed by atoms with E-state index in [1.165, 1.54) is 33.4 Å². The van der Waals surface area contributed by atoms with Gasteiger partial charge in [-0.25, -0.2) is 9.97 Å². The monoisotopic (exact) mass is 354 g/mol. The summed E-state index contributed by atoms with van der Waals surface area (Å²) in [5, 5.41) is 14.7. The van der Waals surface area contributed by atoms with E-state index < -0.39 is 5.97 Å². The van der Waals surface area contributed by atoms with Crippen LogP contribution >= 0.6 is 23.1 Å². The molecule has 2 aliphatic heterocycles. The summed E-state index contributed by atoms with van der Waals surface area (Å²) in [6.07, 6.45) is 5.04. The maximum Gasteiger partial charge on any atom is 1.00 e. The number of nitrogens with zero attached hydrogens (tertiary/aromatic N) is 3. The molecule has 0 spiro atoms. The number of hydrogen-bond donors (Lipinski definition) is 1. The van der Waals surface area contributed by atoms with E-state index in [1.54, 1.807) is 18.5 Å². The zero-order chi connectivity index (χ0) is 15.3. The van der Waals surface area contributed by atoms with Gasteiger partial charge in [-0.1, -0.05) is 0 Å². The van der Waals surface area contributed by atoms with Gasteiger partial charge in [-0.15, -0.1) is 23.1 Å². The van der Waals surface area contributed by atoms with Crippen LogP contribution in [0.5, 0.6) is 0 Å². The van der Waals surface area contributed by atoms with Gasteiger partial charge in [0.05, 0.1) is 22.9 Å². The fraction of sp³-hybridized carbons (Fsp3) is 0.0769. The molecule has 1 unspecified atom stereocenters. The molecule has 0 aromatic carbocycles. The molecule has 1 atom stereocenters. The molecule has 23 heavy (non-hydrogen) atoms. The van der Waals surface area contributed by atoms with Crippen molar-refractivity contribution in [1.29, 1.82) is 0 Å². The van der Waals surface area contributed by atoms with E-state index in [1.807, 2.05) is 5.38 Å². The Kier molecular flexibility index (Phi) is 4.47. The van der Waals surface area contributed by atoms with Crippen molar-refractivity contribution in [1.82, 2.24) is 19.9 Å². The minimum atomic E-state index is -1.34. The van der Waals surface area contributed by atoms with Crippen LogP contribution < -0.4 is 34.7 Å². The molecule has 4 rings (SSSR count). The number of nitrogens with one attached hydrogen (secondary N) is 1. The van der Waals surface area contributed by atoms with Crippen molar-refractivity contribution in [3.8, 4) is 10.8 Å². The van der Waals surface area contributed by atoms with Crippen LogP contribution in [0.2, 0.25) is 0 Å². The minimum absolute atomic E-state index is 0. The molecule has 0 saturated carbocycles. The predicted octanol–water partition coefficient (Wildman–Crippen LogP) is -2.57. The number of H-pyrrole nitrogens is 1. The summed E-state index contributed by atoms with van der Waals surface area (Å²) in [5.74, 6) is -1.03. The number of aromatic nitrogens is 3. The quantitative estimate of drug-likeness (QED) is 0.369. The molecule has 4 heterocycles. The molecule has 0 bridgehead atoms. The number of β-lactam (4-membered cyclic amide) rings is 1. The topological polar surface area (TPSA) is 102 Å². The predicted molar refractivity (Wildman–Crippen MR) is 79.0 cm³/mol. The Hall–Kier alpha value is -1.39. The van der Waals surface area contributed by atoms with Crippen LogP contribution in [0.1, 0.15) is 5.69 Å². The first-order chi connectivity index (χ1) is 10.6. The Bertz CT molecular complexity index is 843. The number of aromatic amines is 1. The third kappa shape index (κ3) is 2.68. The van der Waals surface area contributed by atoms with Crippen LogP contribution in [0, 0.1) is 0 Å². The Morgan fingerprint density at radius 3 is 3.00 bits per heavy atom. The molecule has 1 saturated heterocycles. The number of aliphatic carboxylic acids is 1. The van der Waals surface area contributed by atoms with Crippen molar-refractivity contribution in [3.05, 3.63) is 40.1 Å². The number of fused-ring (bicyclic) bond motifs is 1. The molecule has 1 amide bonds. The van der Waals surface area contributed by atoms with E-state index in [2.05, 4.69) is 15.0 Å². The van der Waals surface area contributed by atoms with E-state index >= 15 is 0 Å². The number of carboxylic acid groups (broad SMARTS) is 1. The van der Waals surface area contributed by atoms with Gasteiger partial charge in [-0.3, -0.25) is 9.69 Å². The maximum atomic E-state index is 12.1. The summed E-state index contributed by atoms with van der Waals surface area (Å²) in [7, 11) is 0. The van der Waals surface area contributed by atoms with Crippen molar-refractivity contribution in [2.45, 2.75) is 5.37 Å². The van der Waals surface area contributed by atoms with Gasteiger partial charge in [0, 0.05) is 17.8 Å². The van der Waals surface area contributed by atoms with Crippen LogP contribution in [-0.4, -0.2) is 37.1 Å². The van der Waals surface area contributed by atoms with Crippen molar-refractivity contribution in [3.63, 3.8) is 0 Å². The van der Waals surface area contributed by atoms with Gasteiger partial charge in [-0.05, 0) is 11.5 Å². The van der Waals surface area contributed by atoms with Crippen LogP contribution in [0.15, 0.2) is 34.5 Å². The molecule has 2 aromatic heterocycles. The molecule has 2 aliphatic rings. The summed E-state index contributed by atoms with van der Waals surface area (Å²) in [5.41, 5.74) is 1.05. The molecule has 10 heteroatoms. The Morgan fingerprint density at radius 1 is 1.48 bits per heavy atom. The molecule has 2 aromatic rings. The number of carboxylic acids is 1. The van der Waals surface area contributed by atoms with Crippen LogP contribution in [-0.2, 0) is 9.59 Å². The fourth-order valence-electron chi connectivity index (χ4n) is 2.28. The van der Waals surface area contributed by atoms with Crippen LogP contribution in [0.25, 0.3) is 16.9 Å². The number of thiazole rings is 1. The van der Waals surface area contributed by atoms with Crippen molar-refractivity contribution >= 4 is 41.1 Å². The fourth-order valence-corrected chi connectivity index (χ4v) is 3.98. The Labute approximate surface area is 160 Å². The third-order valence-electron chi connectivity index (χ3n) is 3.28. The number of hydrogen-bond acceptors (Lipinski definition) is 7. The largest absolute Gasteiger partial charge is 1.00 e. The standard InChI is InChI=1S/C13H8N4O3S2.Na/c18-11-7(12-17(11)8(5-22-12)13(19)20)3-6-4-15-9(16-6)10-14-1-2-21-10;/h1-5,12H,(H,15,16)(H,19,20);/q;+1/p-1/b7-3-;. The van der Waals surface area contributed by atoms with Gasteiger partial charge >= 0.3 is 29.6 Å². The molecule has 1 fully saturated rings.